The van der Waals surface area contributed by atoms with Crippen molar-refractivity contribution in [3.63, 3.8) is 0 Å². The van der Waals surface area contributed by atoms with E-state index in [4.69, 9.17) is 9.47 Å². The van der Waals surface area contributed by atoms with Crippen LogP contribution < -0.4 is 4.74 Å². The van der Waals surface area contributed by atoms with Gasteiger partial charge in [-0.25, -0.2) is 4.79 Å². The number of hydrogen-bond donors (Lipinski definition) is 1. The van der Waals surface area contributed by atoms with E-state index < -0.39 is 11.6 Å². The quantitative estimate of drug-likeness (QED) is 0.847. The molecule has 0 radical (unpaired) electrons. The van der Waals surface area contributed by atoms with E-state index in [1.54, 1.807) is 31.4 Å². The smallest absolute Gasteiger partial charge is 0.340 e. The summed E-state index contributed by atoms with van der Waals surface area (Å²) < 4.78 is 10.5. The van der Waals surface area contributed by atoms with Crippen LogP contribution in [0.3, 0.4) is 0 Å². The maximum atomic E-state index is 11.4. The lowest BCUT2D eigenvalue weighted by molar-refractivity contribution is -0.161. The second kappa shape index (κ2) is 4.14. The molecular weight excluding hydrogens is 208 g/mol. The molecule has 4 heteroatoms. The lowest BCUT2D eigenvalue weighted by Gasteiger charge is -2.24. The van der Waals surface area contributed by atoms with Crippen molar-refractivity contribution in [1.29, 1.82) is 0 Å². The van der Waals surface area contributed by atoms with Crippen molar-refractivity contribution in [3.8, 4) is 5.75 Å². The van der Waals surface area contributed by atoms with Crippen LogP contribution in [0, 0.1) is 0 Å². The van der Waals surface area contributed by atoms with Crippen LogP contribution in [0.1, 0.15) is 18.4 Å². The van der Waals surface area contributed by atoms with E-state index in [-0.39, 0.29) is 0 Å². The number of aliphatic carboxylic acids is 1. The van der Waals surface area contributed by atoms with Crippen molar-refractivity contribution < 1.29 is 19.4 Å². The van der Waals surface area contributed by atoms with Crippen molar-refractivity contribution in [2.45, 2.75) is 18.4 Å². The third-order valence-corrected chi connectivity index (χ3v) is 2.90. The van der Waals surface area contributed by atoms with E-state index in [9.17, 15) is 9.90 Å². The third kappa shape index (κ3) is 1.65. The Labute approximate surface area is 93.8 Å². The first-order valence-electron chi connectivity index (χ1n) is 5.21. The molecule has 0 amide bonds. The monoisotopic (exact) mass is 222 g/mol. The Morgan fingerprint density at radius 2 is 2.38 bits per heavy atom. The van der Waals surface area contributed by atoms with E-state index in [0.29, 0.717) is 24.3 Å². The van der Waals surface area contributed by atoms with Crippen molar-refractivity contribution in [3.05, 3.63) is 29.8 Å². The Morgan fingerprint density at radius 1 is 1.56 bits per heavy atom. The van der Waals surface area contributed by atoms with Gasteiger partial charge < -0.3 is 14.6 Å². The van der Waals surface area contributed by atoms with Gasteiger partial charge in [0.1, 0.15) is 5.75 Å². The lowest BCUT2D eigenvalue weighted by Crippen LogP contribution is -2.34. The molecule has 1 heterocycles. The predicted molar refractivity (Wildman–Crippen MR) is 57.5 cm³/mol. The van der Waals surface area contributed by atoms with Crippen molar-refractivity contribution in [1.82, 2.24) is 0 Å². The highest BCUT2D eigenvalue weighted by atomic mass is 16.5. The summed E-state index contributed by atoms with van der Waals surface area (Å²) in [5.74, 6) is -0.285. The first kappa shape index (κ1) is 11.0. The molecule has 0 bridgehead atoms. The number of hydrogen-bond acceptors (Lipinski definition) is 3. The topological polar surface area (TPSA) is 55.8 Å². The van der Waals surface area contributed by atoms with Crippen molar-refractivity contribution in [2.75, 3.05) is 13.7 Å². The minimum Gasteiger partial charge on any atom is -0.497 e. The van der Waals surface area contributed by atoms with Gasteiger partial charge in [-0.05, 0) is 30.5 Å². The Morgan fingerprint density at radius 3 is 2.94 bits per heavy atom. The summed E-state index contributed by atoms with van der Waals surface area (Å²) >= 11 is 0. The molecule has 86 valence electrons. The number of rotatable bonds is 3. The third-order valence-electron chi connectivity index (χ3n) is 2.90. The lowest BCUT2D eigenvalue weighted by atomic mass is 9.91. The summed E-state index contributed by atoms with van der Waals surface area (Å²) in [6, 6.07) is 7.05. The molecule has 0 aliphatic carbocycles. The van der Waals surface area contributed by atoms with E-state index in [1.807, 2.05) is 0 Å². The van der Waals surface area contributed by atoms with Crippen LogP contribution in [0.2, 0.25) is 0 Å². The largest absolute Gasteiger partial charge is 0.497 e. The molecule has 0 aromatic heterocycles. The van der Waals surface area contributed by atoms with Gasteiger partial charge in [-0.1, -0.05) is 12.1 Å². The zero-order chi connectivity index (χ0) is 11.6. The maximum absolute atomic E-state index is 11.4. The number of carboxylic acids is 1. The van der Waals surface area contributed by atoms with Gasteiger partial charge in [-0.2, -0.15) is 0 Å². The number of ether oxygens (including phenoxy) is 2. The average Bonchev–Trinajstić information content (AvgIpc) is 2.79. The molecule has 0 saturated carbocycles. The van der Waals surface area contributed by atoms with Gasteiger partial charge in [0, 0.05) is 6.61 Å². The molecule has 1 saturated heterocycles. The van der Waals surface area contributed by atoms with E-state index >= 15 is 0 Å². The van der Waals surface area contributed by atoms with E-state index in [0.717, 1.165) is 6.42 Å². The second-order valence-corrected chi connectivity index (χ2v) is 3.82. The van der Waals surface area contributed by atoms with Gasteiger partial charge >= 0.3 is 5.97 Å². The summed E-state index contributed by atoms with van der Waals surface area (Å²) in [6.07, 6.45) is 1.28. The molecule has 16 heavy (non-hydrogen) atoms. The summed E-state index contributed by atoms with van der Waals surface area (Å²) in [5.41, 5.74) is -0.536. The summed E-state index contributed by atoms with van der Waals surface area (Å²) in [7, 11) is 1.56. The van der Waals surface area contributed by atoms with E-state index in [1.165, 1.54) is 0 Å². The molecule has 1 aromatic carbocycles. The highest BCUT2D eigenvalue weighted by Gasteiger charge is 2.44. The molecule has 1 aliphatic heterocycles. The first-order valence-corrected chi connectivity index (χ1v) is 5.21. The molecule has 2 rings (SSSR count). The fraction of sp³-hybridized carbons (Fsp3) is 0.417. The molecule has 1 atom stereocenters. The minimum atomic E-state index is -1.19. The highest BCUT2D eigenvalue weighted by molar-refractivity contribution is 5.80. The number of carbonyl (C=O) groups is 1. The Bertz CT molecular complexity index is 394. The fourth-order valence-electron chi connectivity index (χ4n) is 2.03. The Kier molecular flexibility index (Phi) is 2.83. The second-order valence-electron chi connectivity index (χ2n) is 3.82. The van der Waals surface area contributed by atoms with Crippen molar-refractivity contribution >= 4 is 5.97 Å². The molecule has 4 nitrogen and oxygen atoms in total. The molecule has 1 fully saturated rings. The van der Waals surface area contributed by atoms with Crippen LogP contribution in [0.4, 0.5) is 0 Å². The maximum Gasteiger partial charge on any atom is 0.340 e. The van der Waals surface area contributed by atoms with Crippen LogP contribution in [0.15, 0.2) is 24.3 Å². The molecule has 1 aliphatic rings. The number of benzene rings is 1. The van der Waals surface area contributed by atoms with Crippen molar-refractivity contribution in [2.24, 2.45) is 0 Å². The molecule has 1 unspecified atom stereocenters. The first-order chi connectivity index (χ1) is 7.69. The zero-order valence-corrected chi connectivity index (χ0v) is 9.10. The number of carboxylic acid groups (broad SMARTS) is 1. The van der Waals surface area contributed by atoms with Crippen LogP contribution in [-0.4, -0.2) is 24.8 Å². The fourth-order valence-corrected chi connectivity index (χ4v) is 2.03. The molecule has 0 spiro atoms. The van der Waals surface area contributed by atoms with Gasteiger partial charge in [0.15, 0.2) is 5.60 Å². The van der Waals surface area contributed by atoms with Gasteiger partial charge in [-0.15, -0.1) is 0 Å². The summed E-state index contributed by atoms with van der Waals surface area (Å²) in [5, 5.41) is 9.31. The average molecular weight is 222 g/mol. The van der Waals surface area contributed by atoms with Crippen LogP contribution in [0.5, 0.6) is 5.75 Å². The van der Waals surface area contributed by atoms with Gasteiger partial charge in [0.25, 0.3) is 0 Å². The van der Waals surface area contributed by atoms with Gasteiger partial charge in [-0.3, -0.25) is 0 Å². The highest BCUT2D eigenvalue weighted by Crippen LogP contribution is 2.37. The van der Waals surface area contributed by atoms with Gasteiger partial charge in [0.2, 0.25) is 0 Å². The van der Waals surface area contributed by atoms with Crippen LogP contribution in [-0.2, 0) is 15.1 Å². The van der Waals surface area contributed by atoms with Crippen LogP contribution >= 0.6 is 0 Å². The summed E-state index contributed by atoms with van der Waals surface area (Å²) in [4.78, 5) is 11.4. The molecule has 1 N–H and O–H groups in total. The zero-order valence-electron chi connectivity index (χ0n) is 9.10. The molecular formula is C12H14O4. The van der Waals surface area contributed by atoms with E-state index in [2.05, 4.69) is 0 Å². The molecule has 1 aromatic rings. The standard InChI is InChI=1S/C12H14O4/c1-15-10-5-2-4-9(8-10)12(11(13)14)6-3-7-16-12/h2,4-5,8H,3,6-7H2,1H3,(H,13,14). The minimum absolute atomic E-state index is 0.490. The Balaban J connectivity index is 2.43. The summed E-state index contributed by atoms with van der Waals surface area (Å²) in [6.45, 7) is 0.490. The normalized spacial score (nSPS) is 24.3. The van der Waals surface area contributed by atoms with Gasteiger partial charge in [0.05, 0.1) is 7.11 Å². The number of methoxy groups -OCH3 is 1. The SMILES string of the molecule is COc1cccc(C2(C(=O)O)CCCO2)c1. The predicted octanol–water partition coefficient (Wildman–Crippen LogP) is 1.79. The van der Waals surface area contributed by atoms with Crippen LogP contribution in [0.25, 0.3) is 0 Å². The Hall–Kier alpha value is -1.55.